The summed E-state index contributed by atoms with van der Waals surface area (Å²) in [6.07, 6.45) is 0.368. The lowest BCUT2D eigenvalue weighted by atomic mass is 9.88. The monoisotopic (exact) mass is 532 g/mol. The molecule has 3 N–H and O–H groups in total. The standard InChI is InChI=1S/C25H20F4N4O5/c1-32(25(35,36)37)19-7-16(21-12(11-34)3-2-4-20(21)38-24(28)29)22-18-6-15(13-5-14(26)9-30-8-13)17(27)10-33(18)31-23(19)22/h2-6,8-11,16,19,24,35-37H,7H2,1H3. The summed E-state index contributed by atoms with van der Waals surface area (Å²) in [6.45, 7) is -3.21. The van der Waals surface area contributed by atoms with Gasteiger partial charge in [0.25, 0.3) is 0 Å². The minimum absolute atomic E-state index is 0.0293. The van der Waals surface area contributed by atoms with E-state index in [1.54, 1.807) is 0 Å². The molecule has 0 bridgehead atoms. The zero-order valence-corrected chi connectivity index (χ0v) is 19.6. The van der Waals surface area contributed by atoms with E-state index in [0.29, 0.717) is 11.8 Å². The zero-order chi connectivity index (χ0) is 27.4. The molecule has 38 heavy (non-hydrogen) atoms. The summed E-state index contributed by atoms with van der Waals surface area (Å²) < 4.78 is 61.4. The first-order valence-electron chi connectivity index (χ1n) is 11.2. The van der Waals surface area contributed by atoms with Crippen molar-refractivity contribution in [1.82, 2.24) is 19.5 Å². The Kier molecular flexibility index (Phi) is 6.39. The van der Waals surface area contributed by atoms with Gasteiger partial charge in [0.2, 0.25) is 0 Å². The molecule has 2 unspecified atom stereocenters. The highest BCUT2D eigenvalue weighted by atomic mass is 19.3. The van der Waals surface area contributed by atoms with Crippen molar-refractivity contribution in [2.75, 3.05) is 7.05 Å². The van der Waals surface area contributed by atoms with Crippen molar-refractivity contribution in [3.8, 4) is 16.9 Å². The lowest BCUT2D eigenvalue weighted by Crippen LogP contribution is -2.47. The summed E-state index contributed by atoms with van der Waals surface area (Å²) >= 11 is 0. The van der Waals surface area contributed by atoms with Crippen LogP contribution in [0.25, 0.3) is 16.6 Å². The Labute approximate surface area is 212 Å². The SMILES string of the molecule is CN(C1CC(c2c(C=O)cccc2OC(F)F)c2c1nn1cc(F)c(-c3cncc(F)c3)cc21)C(O)(O)O. The molecule has 0 saturated carbocycles. The molecule has 0 saturated heterocycles. The Morgan fingerprint density at radius 3 is 2.61 bits per heavy atom. The molecule has 5 rings (SSSR count). The first kappa shape index (κ1) is 25.7. The number of halogens is 4. The topological polar surface area (TPSA) is 120 Å². The predicted molar refractivity (Wildman–Crippen MR) is 123 cm³/mol. The molecule has 3 heterocycles. The summed E-state index contributed by atoms with van der Waals surface area (Å²) in [6, 6.07) is 5.46. The first-order valence-corrected chi connectivity index (χ1v) is 11.2. The zero-order valence-electron chi connectivity index (χ0n) is 19.6. The number of carbonyl (C=O) groups excluding carboxylic acids is 1. The van der Waals surface area contributed by atoms with Gasteiger partial charge >= 0.3 is 12.7 Å². The quantitative estimate of drug-likeness (QED) is 0.189. The van der Waals surface area contributed by atoms with Crippen LogP contribution in [0.5, 0.6) is 5.75 Å². The molecule has 198 valence electrons. The van der Waals surface area contributed by atoms with E-state index in [-0.39, 0.29) is 45.6 Å². The molecule has 1 aliphatic rings. The van der Waals surface area contributed by atoms with Crippen LogP contribution in [0, 0.1) is 11.6 Å². The lowest BCUT2D eigenvalue weighted by molar-refractivity contribution is -0.396. The Morgan fingerprint density at radius 2 is 1.95 bits per heavy atom. The highest BCUT2D eigenvalue weighted by molar-refractivity contribution is 5.81. The number of alkyl halides is 2. The maximum atomic E-state index is 15.1. The van der Waals surface area contributed by atoms with Crippen LogP contribution in [0.1, 0.15) is 45.6 Å². The molecule has 13 heteroatoms. The number of aldehydes is 1. The fraction of sp³-hybridized carbons (Fsp3) is 0.240. The molecular formula is C25H20F4N4O5. The number of aliphatic hydroxyl groups is 3. The van der Waals surface area contributed by atoms with Gasteiger partial charge in [-0.05, 0) is 31.7 Å². The van der Waals surface area contributed by atoms with Gasteiger partial charge in [-0.3, -0.25) is 9.78 Å². The van der Waals surface area contributed by atoms with Gasteiger partial charge in [-0.1, -0.05) is 12.1 Å². The second-order valence-corrected chi connectivity index (χ2v) is 8.83. The Bertz CT molecular complexity index is 1540. The number of benzene rings is 1. The Hall–Kier alpha value is -3.91. The van der Waals surface area contributed by atoms with Gasteiger partial charge in [0.1, 0.15) is 23.7 Å². The predicted octanol–water partition coefficient (Wildman–Crippen LogP) is 3.19. The highest BCUT2D eigenvalue weighted by Crippen LogP contribution is 2.51. The molecule has 0 aliphatic heterocycles. The van der Waals surface area contributed by atoms with Crippen molar-refractivity contribution >= 4 is 11.8 Å². The van der Waals surface area contributed by atoms with E-state index in [1.165, 1.54) is 37.5 Å². The maximum absolute atomic E-state index is 15.1. The van der Waals surface area contributed by atoms with Crippen molar-refractivity contribution in [1.29, 1.82) is 0 Å². The molecule has 2 atom stereocenters. The van der Waals surface area contributed by atoms with E-state index in [0.717, 1.165) is 27.9 Å². The van der Waals surface area contributed by atoms with Crippen molar-refractivity contribution in [3.63, 3.8) is 0 Å². The van der Waals surface area contributed by atoms with Gasteiger partial charge in [-0.2, -0.15) is 13.9 Å². The van der Waals surface area contributed by atoms with Crippen molar-refractivity contribution in [2.24, 2.45) is 0 Å². The van der Waals surface area contributed by atoms with Gasteiger partial charge in [0, 0.05) is 39.9 Å². The maximum Gasteiger partial charge on any atom is 0.387 e. The third-order valence-corrected chi connectivity index (χ3v) is 6.66. The Balaban J connectivity index is 1.79. The van der Waals surface area contributed by atoms with E-state index >= 15 is 4.39 Å². The number of carbonyl (C=O) groups is 1. The average molecular weight is 532 g/mol. The normalized spacial score (nSPS) is 17.4. The minimum atomic E-state index is -3.29. The highest BCUT2D eigenvalue weighted by Gasteiger charge is 2.45. The molecule has 1 aromatic carbocycles. The van der Waals surface area contributed by atoms with Gasteiger partial charge in [0.05, 0.1) is 29.6 Å². The number of hydrogen-bond acceptors (Lipinski definition) is 8. The molecule has 0 spiro atoms. The summed E-state index contributed by atoms with van der Waals surface area (Å²) in [4.78, 5) is 16.5. The fourth-order valence-corrected chi connectivity index (χ4v) is 4.99. The number of aromatic nitrogens is 3. The van der Waals surface area contributed by atoms with Crippen molar-refractivity contribution < 1.29 is 42.4 Å². The summed E-state index contributed by atoms with van der Waals surface area (Å²) in [5, 5.41) is 34.0. The van der Waals surface area contributed by atoms with Crippen LogP contribution < -0.4 is 4.74 Å². The van der Waals surface area contributed by atoms with Crippen LogP contribution in [0.15, 0.2) is 48.9 Å². The smallest absolute Gasteiger partial charge is 0.387 e. The van der Waals surface area contributed by atoms with Crippen LogP contribution >= 0.6 is 0 Å². The van der Waals surface area contributed by atoms with Gasteiger partial charge in [-0.25, -0.2) is 18.2 Å². The van der Waals surface area contributed by atoms with Crippen LogP contribution in [0.3, 0.4) is 0 Å². The third kappa shape index (κ3) is 4.39. The molecule has 0 radical (unpaired) electrons. The van der Waals surface area contributed by atoms with E-state index < -0.39 is 36.3 Å². The van der Waals surface area contributed by atoms with Crippen LogP contribution in [0.4, 0.5) is 17.6 Å². The van der Waals surface area contributed by atoms with E-state index in [2.05, 4.69) is 10.1 Å². The molecule has 3 aromatic heterocycles. The minimum Gasteiger partial charge on any atom is -0.434 e. The summed E-state index contributed by atoms with van der Waals surface area (Å²) in [5.41, 5.74) is 0.968. The van der Waals surface area contributed by atoms with E-state index in [9.17, 15) is 33.3 Å². The van der Waals surface area contributed by atoms with Gasteiger partial charge in [0.15, 0.2) is 0 Å². The second-order valence-electron chi connectivity index (χ2n) is 8.83. The molecule has 9 nitrogen and oxygen atoms in total. The molecule has 4 aromatic rings. The summed E-state index contributed by atoms with van der Waals surface area (Å²) in [7, 11) is 1.19. The average Bonchev–Trinajstić information content (AvgIpc) is 3.38. The molecule has 0 amide bonds. The Morgan fingerprint density at radius 1 is 1.18 bits per heavy atom. The number of rotatable bonds is 7. The van der Waals surface area contributed by atoms with Crippen LogP contribution in [0.2, 0.25) is 0 Å². The molecular weight excluding hydrogens is 512 g/mol. The number of nitrogens with zero attached hydrogens (tertiary/aromatic N) is 4. The fourth-order valence-electron chi connectivity index (χ4n) is 4.99. The van der Waals surface area contributed by atoms with Crippen LogP contribution in [-0.2, 0) is 0 Å². The number of fused-ring (bicyclic) bond motifs is 3. The third-order valence-electron chi connectivity index (χ3n) is 6.66. The van der Waals surface area contributed by atoms with E-state index in [1.807, 2.05) is 0 Å². The largest absolute Gasteiger partial charge is 0.434 e. The number of hydrogen-bond donors (Lipinski definition) is 3. The first-order chi connectivity index (χ1) is 18.0. The lowest BCUT2D eigenvalue weighted by Gasteiger charge is -2.31. The molecule has 0 fully saturated rings. The number of pyridine rings is 2. The van der Waals surface area contributed by atoms with Crippen molar-refractivity contribution in [2.45, 2.75) is 31.1 Å². The van der Waals surface area contributed by atoms with Crippen molar-refractivity contribution in [3.05, 3.63) is 82.9 Å². The van der Waals surface area contributed by atoms with Gasteiger partial charge < -0.3 is 20.1 Å². The van der Waals surface area contributed by atoms with Gasteiger partial charge in [-0.15, -0.1) is 0 Å². The molecule has 1 aliphatic carbocycles. The second kappa shape index (κ2) is 9.44. The van der Waals surface area contributed by atoms with E-state index in [4.69, 9.17) is 4.74 Å². The number of ether oxygens (including phenoxy) is 1. The summed E-state index contributed by atoms with van der Waals surface area (Å²) in [5.74, 6) is -2.65. The van der Waals surface area contributed by atoms with Crippen LogP contribution in [-0.4, -0.2) is 60.9 Å².